The number of nitrogens with one attached hydrogen (secondary N) is 1. The van der Waals surface area contributed by atoms with Crippen molar-refractivity contribution in [1.29, 1.82) is 0 Å². The molecule has 3 nitrogen and oxygen atoms in total. The molecule has 1 N–H and O–H groups in total. The first-order valence-electron chi connectivity index (χ1n) is 4.04. The normalized spacial score (nSPS) is 30.4. The van der Waals surface area contributed by atoms with Gasteiger partial charge in [-0.1, -0.05) is 6.42 Å². The zero-order valence-electron chi connectivity index (χ0n) is 7.09. The standard InChI is InChI=1S/C8H15NO2/c1-9-7-5-3-4-6(7)8(10)11-2/h6-7,9H,3-5H2,1-2H3. The van der Waals surface area contributed by atoms with Crippen LogP contribution in [-0.4, -0.2) is 26.2 Å². The molecule has 64 valence electrons. The molecule has 3 heteroatoms. The summed E-state index contributed by atoms with van der Waals surface area (Å²) in [5.74, 6) is 0.0202. The molecular weight excluding hydrogens is 142 g/mol. The Hall–Kier alpha value is -0.570. The van der Waals surface area contributed by atoms with Gasteiger partial charge in [-0.3, -0.25) is 4.79 Å². The Morgan fingerprint density at radius 2 is 2.27 bits per heavy atom. The topological polar surface area (TPSA) is 38.3 Å². The third-order valence-electron chi connectivity index (χ3n) is 2.39. The molecule has 0 aromatic rings. The molecule has 2 unspecified atom stereocenters. The van der Waals surface area contributed by atoms with Gasteiger partial charge < -0.3 is 10.1 Å². The quantitative estimate of drug-likeness (QED) is 0.595. The predicted octanol–water partition coefficient (Wildman–Crippen LogP) is 0.547. The van der Waals surface area contributed by atoms with Crippen molar-refractivity contribution >= 4 is 5.97 Å². The zero-order valence-corrected chi connectivity index (χ0v) is 7.09. The maximum Gasteiger partial charge on any atom is 0.310 e. The molecule has 0 aromatic heterocycles. The van der Waals surface area contributed by atoms with E-state index in [2.05, 4.69) is 10.1 Å². The highest BCUT2D eigenvalue weighted by Crippen LogP contribution is 2.26. The second kappa shape index (κ2) is 3.72. The van der Waals surface area contributed by atoms with Crippen LogP contribution in [0, 0.1) is 5.92 Å². The highest BCUT2D eigenvalue weighted by atomic mass is 16.5. The van der Waals surface area contributed by atoms with Crippen LogP contribution in [-0.2, 0) is 9.53 Å². The van der Waals surface area contributed by atoms with Crippen molar-refractivity contribution in [3.63, 3.8) is 0 Å². The van der Waals surface area contributed by atoms with Crippen LogP contribution in [0.25, 0.3) is 0 Å². The van der Waals surface area contributed by atoms with E-state index in [1.54, 1.807) is 0 Å². The summed E-state index contributed by atoms with van der Waals surface area (Å²) in [5.41, 5.74) is 0. The van der Waals surface area contributed by atoms with Gasteiger partial charge in [0.05, 0.1) is 13.0 Å². The fourth-order valence-corrected chi connectivity index (χ4v) is 1.74. The highest BCUT2D eigenvalue weighted by Gasteiger charge is 2.32. The summed E-state index contributed by atoms with van der Waals surface area (Å²) < 4.78 is 4.69. The van der Waals surface area contributed by atoms with Gasteiger partial charge in [0.2, 0.25) is 0 Å². The monoisotopic (exact) mass is 157 g/mol. The largest absolute Gasteiger partial charge is 0.469 e. The van der Waals surface area contributed by atoms with E-state index < -0.39 is 0 Å². The molecule has 0 radical (unpaired) electrons. The molecule has 0 bridgehead atoms. The summed E-state index contributed by atoms with van der Waals surface area (Å²) >= 11 is 0. The minimum Gasteiger partial charge on any atom is -0.469 e. The Morgan fingerprint density at radius 3 is 2.82 bits per heavy atom. The third-order valence-corrected chi connectivity index (χ3v) is 2.39. The first-order chi connectivity index (χ1) is 5.29. The summed E-state index contributed by atoms with van der Waals surface area (Å²) in [5, 5.41) is 3.13. The molecule has 1 aliphatic carbocycles. The molecule has 1 aliphatic rings. The lowest BCUT2D eigenvalue weighted by Gasteiger charge is -2.15. The Morgan fingerprint density at radius 1 is 1.55 bits per heavy atom. The maximum atomic E-state index is 11.1. The van der Waals surface area contributed by atoms with E-state index in [1.165, 1.54) is 7.11 Å². The molecule has 0 saturated heterocycles. The van der Waals surface area contributed by atoms with Gasteiger partial charge in [-0.25, -0.2) is 0 Å². The van der Waals surface area contributed by atoms with Crippen LogP contribution >= 0.6 is 0 Å². The molecule has 2 atom stereocenters. The number of esters is 1. The van der Waals surface area contributed by atoms with Gasteiger partial charge in [0.25, 0.3) is 0 Å². The van der Waals surface area contributed by atoms with Gasteiger partial charge >= 0.3 is 5.97 Å². The van der Waals surface area contributed by atoms with E-state index in [4.69, 9.17) is 0 Å². The van der Waals surface area contributed by atoms with Crippen LogP contribution in [0.4, 0.5) is 0 Å². The van der Waals surface area contributed by atoms with Crippen LogP contribution in [0.3, 0.4) is 0 Å². The molecular formula is C8H15NO2. The van der Waals surface area contributed by atoms with Crippen LogP contribution in [0.15, 0.2) is 0 Å². The van der Waals surface area contributed by atoms with Crippen molar-refractivity contribution in [1.82, 2.24) is 5.32 Å². The average molecular weight is 157 g/mol. The zero-order chi connectivity index (χ0) is 8.27. The summed E-state index contributed by atoms with van der Waals surface area (Å²) in [6.45, 7) is 0. The summed E-state index contributed by atoms with van der Waals surface area (Å²) in [4.78, 5) is 11.1. The Labute approximate surface area is 67.1 Å². The fourth-order valence-electron chi connectivity index (χ4n) is 1.74. The highest BCUT2D eigenvalue weighted by molar-refractivity contribution is 5.73. The predicted molar refractivity (Wildman–Crippen MR) is 42.2 cm³/mol. The Kier molecular flexibility index (Phi) is 2.88. The van der Waals surface area contributed by atoms with Crippen molar-refractivity contribution in [2.75, 3.05) is 14.2 Å². The fraction of sp³-hybridized carbons (Fsp3) is 0.875. The maximum absolute atomic E-state index is 11.1. The van der Waals surface area contributed by atoms with E-state index in [1.807, 2.05) is 7.05 Å². The van der Waals surface area contributed by atoms with Gasteiger partial charge in [-0.05, 0) is 19.9 Å². The number of rotatable bonds is 2. The lowest BCUT2D eigenvalue weighted by molar-refractivity contribution is -0.145. The van der Waals surface area contributed by atoms with Crippen LogP contribution in [0.1, 0.15) is 19.3 Å². The van der Waals surface area contributed by atoms with Gasteiger partial charge in [-0.15, -0.1) is 0 Å². The number of methoxy groups -OCH3 is 1. The second-order valence-electron chi connectivity index (χ2n) is 2.96. The Bertz CT molecular complexity index is 147. The van der Waals surface area contributed by atoms with E-state index in [9.17, 15) is 4.79 Å². The molecule has 1 saturated carbocycles. The molecule has 0 aliphatic heterocycles. The van der Waals surface area contributed by atoms with Crippen molar-refractivity contribution < 1.29 is 9.53 Å². The number of carbonyl (C=O) groups excluding carboxylic acids is 1. The van der Waals surface area contributed by atoms with Crippen molar-refractivity contribution in [2.24, 2.45) is 5.92 Å². The van der Waals surface area contributed by atoms with Crippen LogP contribution in [0.5, 0.6) is 0 Å². The van der Waals surface area contributed by atoms with E-state index in [-0.39, 0.29) is 11.9 Å². The molecule has 0 amide bonds. The second-order valence-corrected chi connectivity index (χ2v) is 2.96. The molecule has 11 heavy (non-hydrogen) atoms. The van der Waals surface area contributed by atoms with Crippen molar-refractivity contribution in [3.05, 3.63) is 0 Å². The van der Waals surface area contributed by atoms with Crippen molar-refractivity contribution in [2.45, 2.75) is 25.3 Å². The molecule has 1 fully saturated rings. The van der Waals surface area contributed by atoms with Crippen LogP contribution < -0.4 is 5.32 Å². The molecule has 0 heterocycles. The lowest BCUT2D eigenvalue weighted by Crippen LogP contribution is -2.34. The lowest BCUT2D eigenvalue weighted by atomic mass is 10.0. The summed E-state index contributed by atoms with van der Waals surface area (Å²) in [6, 6.07) is 0.336. The first kappa shape index (κ1) is 8.53. The minimum atomic E-state index is -0.0677. The number of hydrogen-bond acceptors (Lipinski definition) is 3. The van der Waals surface area contributed by atoms with Gasteiger partial charge in [-0.2, -0.15) is 0 Å². The number of carbonyl (C=O) groups is 1. The molecule has 0 spiro atoms. The van der Waals surface area contributed by atoms with Gasteiger partial charge in [0, 0.05) is 6.04 Å². The van der Waals surface area contributed by atoms with Gasteiger partial charge in [0.15, 0.2) is 0 Å². The number of hydrogen-bond donors (Lipinski definition) is 1. The van der Waals surface area contributed by atoms with E-state index in [0.717, 1.165) is 19.3 Å². The van der Waals surface area contributed by atoms with E-state index in [0.29, 0.717) is 6.04 Å². The minimum absolute atomic E-state index is 0.0677. The molecule has 1 rings (SSSR count). The number of ether oxygens (including phenoxy) is 1. The first-order valence-corrected chi connectivity index (χ1v) is 4.04. The van der Waals surface area contributed by atoms with E-state index >= 15 is 0 Å². The smallest absolute Gasteiger partial charge is 0.310 e. The average Bonchev–Trinajstić information content (AvgIpc) is 2.50. The SMILES string of the molecule is CNC1CCCC1C(=O)OC. The Balaban J connectivity index is 2.49. The summed E-state index contributed by atoms with van der Waals surface area (Å²) in [7, 11) is 3.35. The molecule has 0 aromatic carbocycles. The summed E-state index contributed by atoms with van der Waals surface area (Å²) in [6.07, 6.45) is 3.19. The van der Waals surface area contributed by atoms with Crippen molar-refractivity contribution in [3.8, 4) is 0 Å². The van der Waals surface area contributed by atoms with Gasteiger partial charge in [0.1, 0.15) is 0 Å². The van der Waals surface area contributed by atoms with Crippen LogP contribution in [0.2, 0.25) is 0 Å². The third kappa shape index (κ3) is 1.71.